The fourth-order valence-corrected chi connectivity index (χ4v) is 3.98. The number of aryl methyl sites for hydroxylation is 1. The predicted molar refractivity (Wildman–Crippen MR) is 93.5 cm³/mol. The van der Waals surface area contributed by atoms with Gasteiger partial charge in [-0.3, -0.25) is 4.79 Å². The van der Waals surface area contributed by atoms with Crippen LogP contribution in [0.15, 0.2) is 29.1 Å². The maximum atomic E-state index is 11.9. The van der Waals surface area contributed by atoms with Crippen LogP contribution in [0.2, 0.25) is 0 Å². The Morgan fingerprint density at radius 2 is 2.27 bits per heavy atom. The van der Waals surface area contributed by atoms with Crippen LogP contribution < -0.4 is 5.32 Å². The van der Waals surface area contributed by atoms with Gasteiger partial charge < -0.3 is 10.3 Å². The Hall–Kier alpha value is -1.64. The molecule has 3 rings (SSSR count). The van der Waals surface area contributed by atoms with Crippen LogP contribution >= 0.6 is 34.4 Å². The molecular formula is C14H14N4OS3. The number of rotatable bonds is 6. The standard InChI is InChI=1S/C14H14N4OS3/c1-9-16-10(6-21-9)5-20-8-13(19)18-14-17-12(7-22-14)11-3-2-4-15-11/h2-4,6-7,15H,5,8H2,1H3,(H,17,18,19). The van der Waals surface area contributed by atoms with E-state index in [1.165, 1.54) is 11.3 Å². The summed E-state index contributed by atoms with van der Waals surface area (Å²) >= 11 is 4.61. The number of aromatic nitrogens is 3. The molecule has 3 aromatic heterocycles. The van der Waals surface area contributed by atoms with E-state index in [0.717, 1.165) is 27.8 Å². The van der Waals surface area contributed by atoms with Gasteiger partial charge in [-0.1, -0.05) is 0 Å². The van der Waals surface area contributed by atoms with Crippen LogP contribution in [-0.2, 0) is 10.5 Å². The molecule has 0 aliphatic heterocycles. The molecule has 3 aromatic rings. The van der Waals surface area contributed by atoms with Crippen LogP contribution in [0.3, 0.4) is 0 Å². The predicted octanol–water partition coefficient (Wildman–Crippen LogP) is 3.78. The van der Waals surface area contributed by atoms with E-state index in [-0.39, 0.29) is 5.91 Å². The van der Waals surface area contributed by atoms with E-state index in [9.17, 15) is 4.79 Å². The summed E-state index contributed by atoms with van der Waals surface area (Å²) in [4.78, 5) is 23.8. The molecule has 0 unspecified atom stereocenters. The highest BCUT2D eigenvalue weighted by Crippen LogP contribution is 2.23. The maximum Gasteiger partial charge on any atom is 0.236 e. The number of hydrogen-bond donors (Lipinski definition) is 2. The lowest BCUT2D eigenvalue weighted by Gasteiger charge is -2.00. The van der Waals surface area contributed by atoms with Gasteiger partial charge in [-0.2, -0.15) is 0 Å². The minimum absolute atomic E-state index is 0.0377. The highest BCUT2D eigenvalue weighted by atomic mass is 32.2. The van der Waals surface area contributed by atoms with Crippen LogP contribution in [0.1, 0.15) is 10.7 Å². The van der Waals surface area contributed by atoms with Gasteiger partial charge in [0.05, 0.1) is 27.8 Å². The fraction of sp³-hybridized carbons (Fsp3) is 0.214. The summed E-state index contributed by atoms with van der Waals surface area (Å²) in [5, 5.41) is 8.47. The molecule has 5 nitrogen and oxygen atoms in total. The third kappa shape index (κ3) is 3.96. The lowest BCUT2D eigenvalue weighted by Crippen LogP contribution is -2.14. The second-order valence-corrected chi connectivity index (χ2v) is 7.43. The first-order valence-corrected chi connectivity index (χ1v) is 9.50. The zero-order valence-electron chi connectivity index (χ0n) is 11.8. The number of carbonyl (C=O) groups is 1. The molecule has 0 saturated carbocycles. The second-order valence-electron chi connectivity index (χ2n) is 4.52. The Kier molecular flexibility index (Phi) is 4.91. The Morgan fingerprint density at radius 3 is 3.00 bits per heavy atom. The van der Waals surface area contributed by atoms with Crippen LogP contribution in [0, 0.1) is 6.92 Å². The Labute approximate surface area is 140 Å². The van der Waals surface area contributed by atoms with Crippen LogP contribution in [0.4, 0.5) is 5.13 Å². The number of nitrogens with zero attached hydrogens (tertiary/aromatic N) is 2. The number of thiazole rings is 2. The molecule has 0 radical (unpaired) electrons. The normalized spacial score (nSPS) is 10.8. The fourth-order valence-electron chi connectivity index (χ4n) is 1.82. The zero-order valence-corrected chi connectivity index (χ0v) is 14.3. The Balaban J connectivity index is 1.47. The number of anilines is 1. The van der Waals surface area contributed by atoms with E-state index < -0.39 is 0 Å². The summed E-state index contributed by atoms with van der Waals surface area (Å²) in [6.45, 7) is 1.98. The topological polar surface area (TPSA) is 70.7 Å². The molecule has 0 spiro atoms. The first kappa shape index (κ1) is 15.3. The average molecular weight is 350 g/mol. The molecule has 0 aliphatic rings. The van der Waals surface area contributed by atoms with Crippen molar-refractivity contribution in [2.24, 2.45) is 0 Å². The second kappa shape index (κ2) is 7.08. The molecule has 1 amide bonds. The van der Waals surface area contributed by atoms with Gasteiger partial charge in [0.1, 0.15) is 0 Å². The molecule has 2 N–H and O–H groups in total. The van der Waals surface area contributed by atoms with Crippen LogP contribution in [0.5, 0.6) is 0 Å². The van der Waals surface area contributed by atoms with Crippen LogP contribution in [0.25, 0.3) is 11.4 Å². The van der Waals surface area contributed by atoms with Crippen LogP contribution in [-0.4, -0.2) is 26.6 Å². The van der Waals surface area contributed by atoms with Crippen molar-refractivity contribution in [1.29, 1.82) is 0 Å². The number of nitrogens with one attached hydrogen (secondary N) is 2. The van der Waals surface area contributed by atoms with Gasteiger partial charge in [0.25, 0.3) is 0 Å². The Bertz CT molecular complexity index is 748. The maximum absolute atomic E-state index is 11.9. The molecule has 0 saturated heterocycles. The molecule has 0 aromatic carbocycles. The molecule has 0 bridgehead atoms. The smallest absolute Gasteiger partial charge is 0.236 e. The summed E-state index contributed by atoms with van der Waals surface area (Å²) in [6.07, 6.45) is 1.85. The molecule has 114 valence electrons. The number of carbonyl (C=O) groups excluding carboxylic acids is 1. The summed E-state index contributed by atoms with van der Waals surface area (Å²) in [7, 11) is 0. The lowest BCUT2D eigenvalue weighted by atomic mass is 10.3. The highest BCUT2D eigenvalue weighted by Gasteiger charge is 2.09. The monoisotopic (exact) mass is 350 g/mol. The van der Waals surface area contributed by atoms with Crippen molar-refractivity contribution in [3.8, 4) is 11.4 Å². The van der Waals surface area contributed by atoms with Crippen molar-refractivity contribution >= 4 is 45.5 Å². The molecule has 0 aliphatic carbocycles. The van der Waals surface area contributed by atoms with Gasteiger partial charge >= 0.3 is 0 Å². The first-order valence-electron chi connectivity index (χ1n) is 6.58. The van der Waals surface area contributed by atoms with Crippen molar-refractivity contribution in [3.05, 3.63) is 39.8 Å². The molecular weight excluding hydrogens is 336 g/mol. The lowest BCUT2D eigenvalue weighted by molar-refractivity contribution is -0.113. The number of hydrogen-bond acceptors (Lipinski definition) is 6. The van der Waals surface area contributed by atoms with Crippen molar-refractivity contribution in [3.63, 3.8) is 0 Å². The number of thioether (sulfide) groups is 1. The summed E-state index contributed by atoms with van der Waals surface area (Å²) in [5.74, 6) is 1.11. The van der Waals surface area contributed by atoms with E-state index in [4.69, 9.17) is 0 Å². The van der Waals surface area contributed by atoms with Gasteiger partial charge in [-0.25, -0.2) is 9.97 Å². The number of H-pyrrole nitrogens is 1. The van der Waals surface area contributed by atoms with E-state index in [2.05, 4.69) is 20.3 Å². The van der Waals surface area contributed by atoms with Gasteiger partial charge in [-0.15, -0.1) is 34.4 Å². The van der Waals surface area contributed by atoms with Crippen molar-refractivity contribution < 1.29 is 4.79 Å². The summed E-state index contributed by atoms with van der Waals surface area (Å²) in [5.41, 5.74) is 2.82. The van der Waals surface area contributed by atoms with E-state index >= 15 is 0 Å². The number of aromatic amines is 1. The quantitative estimate of drug-likeness (QED) is 0.710. The zero-order chi connectivity index (χ0) is 15.4. The van der Waals surface area contributed by atoms with Gasteiger partial charge in [0, 0.05) is 22.7 Å². The first-order chi connectivity index (χ1) is 10.7. The van der Waals surface area contributed by atoms with Crippen molar-refractivity contribution in [2.45, 2.75) is 12.7 Å². The van der Waals surface area contributed by atoms with Gasteiger partial charge in [0.15, 0.2) is 5.13 Å². The van der Waals surface area contributed by atoms with Gasteiger partial charge in [0.2, 0.25) is 5.91 Å². The molecule has 3 heterocycles. The van der Waals surface area contributed by atoms with E-state index in [0.29, 0.717) is 10.9 Å². The van der Waals surface area contributed by atoms with E-state index in [1.54, 1.807) is 23.1 Å². The third-order valence-corrected chi connectivity index (χ3v) is 5.32. The molecule has 8 heteroatoms. The Morgan fingerprint density at radius 1 is 1.36 bits per heavy atom. The van der Waals surface area contributed by atoms with E-state index in [1.807, 2.05) is 36.0 Å². The molecule has 0 fully saturated rings. The summed E-state index contributed by atoms with van der Waals surface area (Å²) in [6, 6.07) is 3.87. The SMILES string of the molecule is Cc1nc(CSCC(=O)Nc2nc(-c3ccc[nH]3)cs2)cs1. The molecule has 22 heavy (non-hydrogen) atoms. The molecule has 0 atom stereocenters. The average Bonchev–Trinajstić information content (AvgIpc) is 3.20. The van der Waals surface area contributed by atoms with Gasteiger partial charge in [-0.05, 0) is 19.1 Å². The largest absolute Gasteiger partial charge is 0.360 e. The highest BCUT2D eigenvalue weighted by molar-refractivity contribution is 7.99. The summed E-state index contributed by atoms with van der Waals surface area (Å²) < 4.78 is 0. The minimum Gasteiger partial charge on any atom is -0.360 e. The number of amides is 1. The minimum atomic E-state index is -0.0377. The third-order valence-electron chi connectivity index (χ3n) is 2.77. The van der Waals surface area contributed by atoms with Crippen molar-refractivity contribution in [1.82, 2.24) is 15.0 Å². The van der Waals surface area contributed by atoms with Crippen molar-refractivity contribution in [2.75, 3.05) is 11.1 Å².